The Kier molecular flexibility index (Phi) is 2.67. The van der Waals surface area contributed by atoms with Crippen LogP contribution in [0.1, 0.15) is 13.3 Å². The van der Waals surface area contributed by atoms with E-state index in [4.69, 9.17) is 4.74 Å². The van der Waals surface area contributed by atoms with Crippen LogP contribution in [0.2, 0.25) is 0 Å². The molecular formula is C10H13NO3S. The number of rotatable bonds is 1. The smallest absolute Gasteiger partial charge is 0.244 e. The standard InChI is InChI=1S/C10H13NO3S/c1-2-8-7-11-15(12,13)10-6-4-3-5-9(10)14-8/h3-6,8,11H,2,7H2,1H3. The van der Waals surface area contributed by atoms with Crippen LogP contribution in [0, 0.1) is 0 Å². The Bertz CT molecular complexity index is 455. The van der Waals surface area contributed by atoms with Gasteiger partial charge in [0.05, 0.1) is 0 Å². The third-order valence-corrected chi connectivity index (χ3v) is 3.85. The summed E-state index contributed by atoms with van der Waals surface area (Å²) < 4.78 is 31.7. The molecule has 0 aliphatic carbocycles. The minimum Gasteiger partial charge on any atom is -0.488 e. The van der Waals surface area contributed by atoms with Gasteiger partial charge < -0.3 is 4.74 Å². The van der Waals surface area contributed by atoms with Crippen LogP contribution in [0.3, 0.4) is 0 Å². The highest BCUT2D eigenvalue weighted by Crippen LogP contribution is 2.26. The molecule has 0 fully saturated rings. The SMILES string of the molecule is CCC1CNS(=O)(=O)c2ccccc2O1. The van der Waals surface area contributed by atoms with Crippen molar-refractivity contribution in [2.75, 3.05) is 6.54 Å². The van der Waals surface area contributed by atoms with Gasteiger partial charge in [-0.2, -0.15) is 0 Å². The molecule has 0 saturated heterocycles. The van der Waals surface area contributed by atoms with Gasteiger partial charge in [-0.25, -0.2) is 13.1 Å². The first kappa shape index (κ1) is 10.4. The summed E-state index contributed by atoms with van der Waals surface area (Å²) in [6.45, 7) is 2.29. The molecule has 1 atom stereocenters. The van der Waals surface area contributed by atoms with Gasteiger partial charge in [0.1, 0.15) is 16.7 Å². The predicted molar refractivity (Wildman–Crippen MR) is 56.3 cm³/mol. The summed E-state index contributed by atoms with van der Waals surface area (Å²) in [6.07, 6.45) is 0.681. The summed E-state index contributed by atoms with van der Waals surface area (Å²) >= 11 is 0. The number of ether oxygens (including phenoxy) is 1. The molecule has 0 bridgehead atoms. The topological polar surface area (TPSA) is 55.4 Å². The lowest BCUT2D eigenvalue weighted by molar-refractivity contribution is 0.200. The van der Waals surface area contributed by atoms with Gasteiger partial charge in [0, 0.05) is 6.54 Å². The lowest BCUT2D eigenvalue weighted by Gasteiger charge is -2.13. The summed E-state index contributed by atoms with van der Waals surface area (Å²) in [6, 6.07) is 6.69. The number of sulfonamides is 1. The van der Waals surface area contributed by atoms with Crippen molar-refractivity contribution >= 4 is 10.0 Å². The largest absolute Gasteiger partial charge is 0.488 e. The fourth-order valence-electron chi connectivity index (χ4n) is 1.50. The highest BCUT2D eigenvalue weighted by molar-refractivity contribution is 7.89. The molecule has 2 rings (SSSR count). The average molecular weight is 227 g/mol. The minimum atomic E-state index is -3.40. The molecule has 1 unspecified atom stereocenters. The fraction of sp³-hybridized carbons (Fsp3) is 0.400. The number of nitrogens with one attached hydrogen (secondary N) is 1. The Morgan fingerprint density at radius 2 is 2.20 bits per heavy atom. The first-order valence-corrected chi connectivity index (χ1v) is 6.37. The molecule has 1 aliphatic rings. The molecule has 0 saturated carbocycles. The zero-order valence-corrected chi connectivity index (χ0v) is 9.25. The van der Waals surface area contributed by atoms with Crippen LogP contribution in [0.4, 0.5) is 0 Å². The van der Waals surface area contributed by atoms with Gasteiger partial charge in [0.25, 0.3) is 0 Å². The van der Waals surface area contributed by atoms with Crippen molar-refractivity contribution in [3.8, 4) is 5.75 Å². The maximum absolute atomic E-state index is 11.8. The summed E-state index contributed by atoms with van der Waals surface area (Å²) in [5.74, 6) is 0.439. The normalized spacial score (nSPS) is 23.7. The van der Waals surface area contributed by atoms with E-state index in [9.17, 15) is 8.42 Å². The molecule has 1 aromatic rings. The van der Waals surface area contributed by atoms with Crippen LogP contribution >= 0.6 is 0 Å². The monoisotopic (exact) mass is 227 g/mol. The Labute approximate surface area is 89.3 Å². The third-order valence-electron chi connectivity index (χ3n) is 2.39. The molecule has 82 valence electrons. The van der Waals surface area contributed by atoms with Crippen LogP contribution in [-0.4, -0.2) is 21.1 Å². The summed E-state index contributed by atoms with van der Waals surface area (Å²) in [5.41, 5.74) is 0. The second-order valence-electron chi connectivity index (χ2n) is 3.45. The predicted octanol–water partition coefficient (Wildman–Crippen LogP) is 1.14. The zero-order chi connectivity index (χ0) is 10.9. The Hall–Kier alpha value is -1.07. The molecule has 1 aromatic carbocycles. The van der Waals surface area contributed by atoms with E-state index in [1.165, 1.54) is 0 Å². The molecule has 1 aliphatic heterocycles. The van der Waals surface area contributed by atoms with Crippen LogP contribution in [0.15, 0.2) is 29.2 Å². The van der Waals surface area contributed by atoms with Gasteiger partial charge in [0.15, 0.2) is 0 Å². The highest BCUT2D eigenvalue weighted by atomic mass is 32.2. The van der Waals surface area contributed by atoms with Crippen molar-refractivity contribution in [1.82, 2.24) is 4.72 Å². The first-order valence-electron chi connectivity index (χ1n) is 4.89. The number of hydrogen-bond donors (Lipinski definition) is 1. The Morgan fingerprint density at radius 3 is 2.93 bits per heavy atom. The van der Waals surface area contributed by atoms with Crippen molar-refractivity contribution in [3.05, 3.63) is 24.3 Å². The summed E-state index contributed by atoms with van der Waals surface area (Å²) in [5, 5.41) is 0. The van der Waals surface area contributed by atoms with Crippen LogP contribution in [0.5, 0.6) is 5.75 Å². The highest BCUT2D eigenvalue weighted by Gasteiger charge is 2.25. The van der Waals surface area contributed by atoms with E-state index in [0.29, 0.717) is 12.3 Å². The van der Waals surface area contributed by atoms with E-state index in [0.717, 1.165) is 6.42 Å². The number of fused-ring (bicyclic) bond motifs is 1. The van der Waals surface area contributed by atoms with Gasteiger partial charge in [0.2, 0.25) is 10.0 Å². The van der Waals surface area contributed by atoms with Crippen LogP contribution in [-0.2, 0) is 10.0 Å². The molecule has 5 heteroatoms. The van der Waals surface area contributed by atoms with E-state index in [1.54, 1.807) is 24.3 Å². The minimum absolute atomic E-state index is 0.0941. The third kappa shape index (κ3) is 1.98. The van der Waals surface area contributed by atoms with Crippen LogP contribution < -0.4 is 9.46 Å². The van der Waals surface area contributed by atoms with Crippen molar-refractivity contribution in [3.63, 3.8) is 0 Å². The van der Waals surface area contributed by atoms with E-state index in [1.807, 2.05) is 6.92 Å². The van der Waals surface area contributed by atoms with Gasteiger partial charge in [-0.1, -0.05) is 19.1 Å². The maximum Gasteiger partial charge on any atom is 0.244 e. The first-order chi connectivity index (χ1) is 7.13. The summed E-state index contributed by atoms with van der Waals surface area (Å²) in [4.78, 5) is 0.223. The second kappa shape index (κ2) is 3.83. The maximum atomic E-state index is 11.8. The number of benzene rings is 1. The molecule has 1 N–H and O–H groups in total. The molecule has 0 aromatic heterocycles. The molecule has 0 amide bonds. The van der Waals surface area contributed by atoms with E-state index in [-0.39, 0.29) is 11.0 Å². The molecular weight excluding hydrogens is 214 g/mol. The number of hydrogen-bond acceptors (Lipinski definition) is 3. The van der Waals surface area contributed by atoms with Gasteiger partial charge in [-0.3, -0.25) is 0 Å². The van der Waals surface area contributed by atoms with E-state index in [2.05, 4.69) is 4.72 Å². The van der Waals surface area contributed by atoms with Crippen LogP contribution in [0.25, 0.3) is 0 Å². The van der Waals surface area contributed by atoms with Crippen molar-refractivity contribution in [1.29, 1.82) is 0 Å². The van der Waals surface area contributed by atoms with E-state index < -0.39 is 10.0 Å². The Balaban J connectivity index is 2.50. The molecule has 15 heavy (non-hydrogen) atoms. The average Bonchev–Trinajstić information content (AvgIpc) is 2.36. The lowest BCUT2D eigenvalue weighted by atomic mass is 10.3. The van der Waals surface area contributed by atoms with Crippen molar-refractivity contribution in [2.24, 2.45) is 0 Å². The fourth-order valence-corrected chi connectivity index (χ4v) is 2.70. The molecule has 0 spiro atoms. The zero-order valence-electron chi connectivity index (χ0n) is 8.43. The lowest BCUT2D eigenvalue weighted by Crippen LogP contribution is -2.31. The summed E-state index contributed by atoms with van der Waals surface area (Å²) in [7, 11) is -3.40. The number of para-hydroxylation sites is 1. The van der Waals surface area contributed by atoms with Gasteiger partial charge in [-0.15, -0.1) is 0 Å². The van der Waals surface area contributed by atoms with E-state index >= 15 is 0 Å². The molecule has 4 nitrogen and oxygen atoms in total. The quantitative estimate of drug-likeness (QED) is 0.782. The molecule has 1 heterocycles. The second-order valence-corrected chi connectivity index (χ2v) is 5.18. The van der Waals surface area contributed by atoms with Crippen molar-refractivity contribution in [2.45, 2.75) is 24.3 Å². The molecule has 0 radical (unpaired) electrons. The Morgan fingerprint density at radius 1 is 1.47 bits per heavy atom. The van der Waals surface area contributed by atoms with Gasteiger partial charge >= 0.3 is 0 Å². The van der Waals surface area contributed by atoms with Crippen molar-refractivity contribution < 1.29 is 13.2 Å². The van der Waals surface area contributed by atoms with Gasteiger partial charge in [-0.05, 0) is 18.6 Å².